The van der Waals surface area contributed by atoms with E-state index < -0.39 is 0 Å². The van der Waals surface area contributed by atoms with Crippen LogP contribution in [0.15, 0.2) is 176 Å². The van der Waals surface area contributed by atoms with E-state index in [-0.39, 0.29) is 0 Å². The van der Waals surface area contributed by atoms with Crippen LogP contribution in [-0.2, 0) is 0 Å². The van der Waals surface area contributed by atoms with Crippen molar-refractivity contribution in [1.29, 1.82) is 0 Å². The zero-order valence-corrected chi connectivity index (χ0v) is 25.7. The van der Waals surface area contributed by atoms with Gasteiger partial charge in [-0.1, -0.05) is 152 Å². The van der Waals surface area contributed by atoms with Crippen molar-refractivity contribution in [3.63, 3.8) is 0 Å². The zero-order chi connectivity index (χ0) is 30.9. The van der Waals surface area contributed by atoms with E-state index in [1.165, 1.54) is 92.8 Å². The van der Waals surface area contributed by atoms with Crippen molar-refractivity contribution in [2.24, 2.45) is 0 Å². The van der Waals surface area contributed by atoms with Gasteiger partial charge in [0.1, 0.15) is 0 Å². The summed E-state index contributed by atoms with van der Waals surface area (Å²) in [6.45, 7) is 0. The highest BCUT2D eigenvalue weighted by atomic mass is 15.0. The Kier molecular flexibility index (Phi) is 5.64. The van der Waals surface area contributed by atoms with Gasteiger partial charge >= 0.3 is 0 Å². The minimum absolute atomic E-state index is 1.21. The first-order chi connectivity index (χ1) is 23.3. The van der Waals surface area contributed by atoms with Gasteiger partial charge in [-0.25, -0.2) is 0 Å². The number of nitrogens with zero attached hydrogens (tertiary/aromatic N) is 1. The first-order valence-corrected chi connectivity index (χ1v) is 16.3. The molecule has 10 aromatic rings. The Morgan fingerprint density at radius 1 is 0.298 bits per heavy atom. The molecule has 0 aliphatic carbocycles. The van der Waals surface area contributed by atoms with Gasteiger partial charge < -0.3 is 4.57 Å². The molecule has 10 rings (SSSR count). The summed E-state index contributed by atoms with van der Waals surface area (Å²) in [5.74, 6) is 0. The molecule has 1 aromatic heterocycles. The second-order valence-corrected chi connectivity index (χ2v) is 12.5. The molecule has 0 aliphatic heterocycles. The summed E-state index contributed by atoms with van der Waals surface area (Å²) in [4.78, 5) is 0. The summed E-state index contributed by atoms with van der Waals surface area (Å²) in [7, 11) is 0. The molecule has 0 aliphatic rings. The van der Waals surface area contributed by atoms with E-state index in [9.17, 15) is 0 Å². The predicted octanol–water partition coefficient (Wildman–Crippen LogP) is 12.7. The number of para-hydroxylation sites is 1. The van der Waals surface area contributed by atoms with E-state index in [2.05, 4.69) is 180 Å². The molecule has 0 atom stereocenters. The maximum atomic E-state index is 2.44. The number of rotatable bonds is 3. The lowest BCUT2D eigenvalue weighted by Gasteiger charge is -2.19. The molecular weight excluding hydrogens is 567 g/mol. The largest absolute Gasteiger partial charge is 0.309 e. The Labute approximate surface area is 272 Å². The number of benzene rings is 9. The molecule has 0 spiro atoms. The van der Waals surface area contributed by atoms with Gasteiger partial charge in [0.2, 0.25) is 0 Å². The first kappa shape index (κ1) is 26.1. The second-order valence-electron chi connectivity index (χ2n) is 12.5. The van der Waals surface area contributed by atoms with Gasteiger partial charge in [0.15, 0.2) is 0 Å². The van der Waals surface area contributed by atoms with Crippen LogP contribution in [0.1, 0.15) is 0 Å². The van der Waals surface area contributed by atoms with Crippen molar-refractivity contribution in [2.45, 2.75) is 0 Å². The van der Waals surface area contributed by atoms with Gasteiger partial charge in [-0.15, -0.1) is 0 Å². The fourth-order valence-electron chi connectivity index (χ4n) is 7.96. The SMILES string of the molecule is c1ccc2c(-c3c4ccccc4c(-c4ccc5c(c4)c4ccccc4n5-c4cccc5ccccc45)c4ccccc34)cccc2c1. The monoisotopic (exact) mass is 595 g/mol. The summed E-state index contributed by atoms with van der Waals surface area (Å²) in [5, 5.41) is 12.6. The van der Waals surface area contributed by atoms with E-state index in [4.69, 9.17) is 0 Å². The average molecular weight is 596 g/mol. The van der Waals surface area contributed by atoms with Gasteiger partial charge in [0.05, 0.1) is 16.7 Å². The van der Waals surface area contributed by atoms with Gasteiger partial charge in [0.25, 0.3) is 0 Å². The molecule has 0 saturated carbocycles. The third-order valence-electron chi connectivity index (χ3n) is 9.96. The van der Waals surface area contributed by atoms with Crippen LogP contribution < -0.4 is 0 Å². The van der Waals surface area contributed by atoms with Crippen LogP contribution >= 0.6 is 0 Å². The highest BCUT2D eigenvalue weighted by molar-refractivity contribution is 6.24. The van der Waals surface area contributed by atoms with Crippen LogP contribution in [0.25, 0.3) is 92.8 Å². The van der Waals surface area contributed by atoms with Crippen molar-refractivity contribution in [3.05, 3.63) is 176 Å². The first-order valence-electron chi connectivity index (χ1n) is 16.3. The van der Waals surface area contributed by atoms with Crippen LogP contribution in [0.3, 0.4) is 0 Å². The summed E-state index contributed by atoms with van der Waals surface area (Å²) >= 11 is 0. The fourth-order valence-corrected chi connectivity index (χ4v) is 7.96. The molecule has 1 heterocycles. The maximum Gasteiger partial charge on any atom is 0.0541 e. The standard InChI is InChI=1S/C46H29N/c1-3-17-33-30(13-1)15-11-24-36(33)46-39-22-7-5-20-37(39)45(38-21-6-8-23-40(38)46)32-27-28-44-41(29-32)35-19-9-10-25-43(35)47(44)42-26-12-16-31-14-2-4-18-34(31)42/h1-29H. The fraction of sp³-hybridized carbons (Fsp3) is 0. The molecule has 47 heavy (non-hydrogen) atoms. The summed E-state index contributed by atoms with van der Waals surface area (Å²) in [6, 6.07) is 64.5. The van der Waals surface area contributed by atoms with E-state index in [1.807, 2.05) is 0 Å². The zero-order valence-electron chi connectivity index (χ0n) is 25.7. The number of hydrogen-bond donors (Lipinski definition) is 0. The quantitative estimate of drug-likeness (QED) is 0.179. The van der Waals surface area contributed by atoms with Crippen molar-refractivity contribution in [2.75, 3.05) is 0 Å². The van der Waals surface area contributed by atoms with Gasteiger partial charge in [0, 0.05) is 16.2 Å². The van der Waals surface area contributed by atoms with Crippen molar-refractivity contribution in [1.82, 2.24) is 4.57 Å². The van der Waals surface area contributed by atoms with E-state index in [1.54, 1.807) is 0 Å². The highest BCUT2D eigenvalue weighted by Crippen LogP contribution is 2.46. The third-order valence-corrected chi connectivity index (χ3v) is 9.96. The molecular formula is C46H29N. The molecule has 0 fully saturated rings. The molecule has 0 radical (unpaired) electrons. The molecule has 0 bridgehead atoms. The number of fused-ring (bicyclic) bond motifs is 7. The minimum atomic E-state index is 1.21. The molecule has 0 amide bonds. The van der Waals surface area contributed by atoms with Crippen molar-refractivity contribution >= 4 is 64.9 Å². The van der Waals surface area contributed by atoms with Crippen LogP contribution in [0.2, 0.25) is 0 Å². The molecule has 1 nitrogen and oxygen atoms in total. The van der Waals surface area contributed by atoms with E-state index in [0.717, 1.165) is 0 Å². The molecule has 0 saturated heterocycles. The average Bonchev–Trinajstić information content (AvgIpc) is 3.47. The smallest absolute Gasteiger partial charge is 0.0541 e. The van der Waals surface area contributed by atoms with Crippen molar-refractivity contribution in [3.8, 4) is 27.9 Å². The maximum absolute atomic E-state index is 2.44. The van der Waals surface area contributed by atoms with E-state index in [0.29, 0.717) is 0 Å². The Hall–Kier alpha value is -6.18. The Balaban J connectivity index is 1.30. The molecule has 218 valence electrons. The normalized spacial score (nSPS) is 11.8. The van der Waals surface area contributed by atoms with Crippen LogP contribution in [0, 0.1) is 0 Å². The third kappa shape index (κ3) is 3.84. The minimum Gasteiger partial charge on any atom is -0.309 e. The lowest BCUT2D eigenvalue weighted by molar-refractivity contribution is 1.20. The van der Waals surface area contributed by atoms with Gasteiger partial charge in [-0.05, 0) is 84.2 Å². The molecule has 0 unspecified atom stereocenters. The Bertz CT molecular complexity index is 2780. The number of hydrogen-bond acceptors (Lipinski definition) is 0. The molecule has 9 aromatic carbocycles. The van der Waals surface area contributed by atoms with Crippen LogP contribution in [-0.4, -0.2) is 4.57 Å². The van der Waals surface area contributed by atoms with Crippen molar-refractivity contribution < 1.29 is 0 Å². The topological polar surface area (TPSA) is 4.93 Å². The highest BCUT2D eigenvalue weighted by Gasteiger charge is 2.20. The van der Waals surface area contributed by atoms with Gasteiger partial charge in [-0.2, -0.15) is 0 Å². The number of aromatic nitrogens is 1. The Morgan fingerprint density at radius 3 is 1.49 bits per heavy atom. The summed E-state index contributed by atoms with van der Waals surface area (Å²) in [5.41, 5.74) is 8.72. The molecule has 1 heteroatoms. The summed E-state index contributed by atoms with van der Waals surface area (Å²) < 4.78 is 2.44. The lowest BCUT2D eigenvalue weighted by Crippen LogP contribution is -1.95. The Morgan fingerprint density at radius 2 is 0.787 bits per heavy atom. The lowest BCUT2D eigenvalue weighted by atomic mass is 9.84. The van der Waals surface area contributed by atoms with Gasteiger partial charge in [-0.3, -0.25) is 0 Å². The summed E-state index contributed by atoms with van der Waals surface area (Å²) in [6.07, 6.45) is 0. The van der Waals surface area contributed by atoms with Crippen LogP contribution in [0.4, 0.5) is 0 Å². The predicted molar refractivity (Wildman–Crippen MR) is 202 cm³/mol. The van der Waals surface area contributed by atoms with E-state index >= 15 is 0 Å². The second kappa shape index (κ2) is 10.2. The molecule has 0 N–H and O–H groups in total. The van der Waals surface area contributed by atoms with Crippen LogP contribution in [0.5, 0.6) is 0 Å².